The van der Waals surface area contributed by atoms with E-state index in [2.05, 4.69) is 0 Å². The highest BCUT2D eigenvalue weighted by atomic mass is 32.2. The number of aliphatic carboxylic acids is 1. The molecule has 58 valence electrons. The number of carboxylic acid groups (broad SMARTS) is 1. The van der Waals surface area contributed by atoms with Crippen molar-refractivity contribution in [2.75, 3.05) is 12.0 Å². The third-order valence-electron chi connectivity index (χ3n) is 1.11. The van der Waals surface area contributed by atoms with Crippen LogP contribution in [0.1, 0.15) is 6.42 Å². The number of carboxylic acids is 1. The molecule has 0 radical (unpaired) electrons. The zero-order valence-corrected chi connectivity index (χ0v) is 6.56. The van der Waals surface area contributed by atoms with Gasteiger partial charge in [-0.25, -0.2) is 0 Å². The van der Waals surface area contributed by atoms with Gasteiger partial charge in [0.1, 0.15) is 12.2 Å². The summed E-state index contributed by atoms with van der Waals surface area (Å²) in [5.74, 6) is -1.12. The zero-order chi connectivity index (χ0) is 7.98. The van der Waals surface area contributed by atoms with E-state index in [9.17, 15) is 9.59 Å². The van der Waals surface area contributed by atoms with Crippen LogP contribution in [0.3, 0.4) is 0 Å². The minimum atomic E-state index is -1.02. The van der Waals surface area contributed by atoms with E-state index in [0.717, 1.165) is 5.75 Å². The van der Waals surface area contributed by atoms with Gasteiger partial charge in [-0.3, -0.25) is 4.79 Å². The highest BCUT2D eigenvalue weighted by Crippen LogP contribution is 2.04. The van der Waals surface area contributed by atoms with Crippen LogP contribution in [0, 0.1) is 5.92 Å². The van der Waals surface area contributed by atoms with Gasteiger partial charge in [-0.15, -0.1) is 0 Å². The van der Waals surface area contributed by atoms with Gasteiger partial charge >= 0.3 is 5.97 Å². The van der Waals surface area contributed by atoms with Crippen molar-refractivity contribution in [1.82, 2.24) is 0 Å². The van der Waals surface area contributed by atoms with Crippen LogP contribution in [0.15, 0.2) is 0 Å². The molecule has 0 saturated heterocycles. The predicted octanol–water partition coefficient (Wildman–Crippen LogP) is 0.639. The lowest BCUT2D eigenvalue weighted by molar-refractivity contribution is -0.143. The zero-order valence-electron chi connectivity index (χ0n) is 5.74. The minimum Gasteiger partial charge on any atom is -0.481 e. The Hall–Kier alpha value is -0.510. The SMILES string of the molecule is CSCCC(C=O)C(=O)O. The number of rotatable bonds is 5. The Bertz CT molecular complexity index is 124. The van der Waals surface area contributed by atoms with Crippen molar-refractivity contribution in [1.29, 1.82) is 0 Å². The van der Waals surface area contributed by atoms with Crippen molar-refractivity contribution in [2.45, 2.75) is 6.42 Å². The average molecular weight is 162 g/mol. The highest BCUT2D eigenvalue weighted by Gasteiger charge is 2.14. The second-order valence-electron chi connectivity index (χ2n) is 1.86. The largest absolute Gasteiger partial charge is 0.481 e. The lowest BCUT2D eigenvalue weighted by atomic mass is 10.1. The normalized spacial score (nSPS) is 12.5. The summed E-state index contributed by atoms with van der Waals surface area (Å²) < 4.78 is 0. The van der Waals surface area contributed by atoms with Crippen LogP contribution >= 0.6 is 11.8 Å². The van der Waals surface area contributed by atoms with Crippen molar-refractivity contribution in [2.24, 2.45) is 5.92 Å². The molecule has 0 spiro atoms. The molecule has 4 heteroatoms. The molecule has 1 N–H and O–H groups in total. The van der Waals surface area contributed by atoms with Gasteiger partial charge in [-0.2, -0.15) is 11.8 Å². The fourth-order valence-corrected chi connectivity index (χ4v) is 0.984. The number of hydrogen-bond donors (Lipinski definition) is 1. The molecular weight excluding hydrogens is 152 g/mol. The molecule has 3 nitrogen and oxygen atoms in total. The van der Waals surface area contributed by atoms with Crippen LogP contribution in [0.2, 0.25) is 0 Å². The molecule has 0 amide bonds. The molecule has 0 aliphatic carbocycles. The highest BCUT2D eigenvalue weighted by molar-refractivity contribution is 7.98. The maximum absolute atomic E-state index is 10.2. The van der Waals surface area contributed by atoms with Crippen molar-refractivity contribution in [3.8, 4) is 0 Å². The molecule has 1 atom stereocenters. The summed E-state index contributed by atoms with van der Waals surface area (Å²) >= 11 is 1.54. The van der Waals surface area contributed by atoms with Crippen LogP contribution in [0.4, 0.5) is 0 Å². The summed E-state index contributed by atoms with van der Waals surface area (Å²) in [7, 11) is 0. The fraction of sp³-hybridized carbons (Fsp3) is 0.667. The summed E-state index contributed by atoms with van der Waals surface area (Å²) in [6.07, 6.45) is 2.79. The minimum absolute atomic E-state index is 0.431. The van der Waals surface area contributed by atoms with Crippen molar-refractivity contribution in [3.05, 3.63) is 0 Å². The molecule has 0 heterocycles. The van der Waals surface area contributed by atoms with Gasteiger partial charge < -0.3 is 9.90 Å². The fourth-order valence-electron chi connectivity index (χ4n) is 0.495. The van der Waals surface area contributed by atoms with E-state index in [1.54, 1.807) is 11.8 Å². The molecule has 0 saturated carbocycles. The van der Waals surface area contributed by atoms with Gasteiger partial charge in [0.05, 0.1) is 0 Å². The molecule has 0 bridgehead atoms. The Kier molecular flexibility index (Phi) is 5.02. The van der Waals surface area contributed by atoms with E-state index in [1.807, 2.05) is 6.26 Å². The van der Waals surface area contributed by atoms with Crippen molar-refractivity contribution < 1.29 is 14.7 Å². The topological polar surface area (TPSA) is 54.4 Å². The Morgan fingerprint density at radius 1 is 1.80 bits per heavy atom. The number of carbonyl (C=O) groups is 2. The Morgan fingerprint density at radius 2 is 2.40 bits per heavy atom. The van der Waals surface area contributed by atoms with Crippen molar-refractivity contribution >= 4 is 24.0 Å². The smallest absolute Gasteiger partial charge is 0.313 e. The summed E-state index contributed by atoms with van der Waals surface area (Å²) in [4.78, 5) is 20.3. The summed E-state index contributed by atoms with van der Waals surface area (Å²) in [6, 6.07) is 0. The van der Waals surface area contributed by atoms with Gasteiger partial charge in [0.15, 0.2) is 0 Å². The molecule has 0 fully saturated rings. The standard InChI is InChI=1S/C6H10O3S/c1-10-3-2-5(4-7)6(8)9/h4-5H,2-3H2,1H3,(H,8,9). The van der Waals surface area contributed by atoms with Gasteiger partial charge in [-0.1, -0.05) is 0 Å². The quantitative estimate of drug-likeness (QED) is 0.476. The van der Waals surface area contributed by atoms with Gasteiger partial charge in [0, 0.05) is 0 Å². The molecule has 0 aliphatic heterocycles. The third-order valence-corrected chi connectivity index (χ3v) is 1.76. The first-order valence-electron chi connectivity index (χ1n) is 2.89. The van der Waals surface area contributed by atoms with E-state index < -0.39 is 11.9 Å². The lowest BCUT2D eigenvalue weighted by Crippen LogP contribution is -2.15. The molecular formula is C6H10O3S. The Labute approximate surface area is 63.8 Å². The molecule has 10 heavy (non-hydrogen) atoms. The maximum Gasteiger partial charge on any atom is 0.313 e. The van der Waals surface area contributed by atoms with Crippen LogP contribution in [-0.4, -0.2) is 29.4 Å². The summed E-state index contributed by atoms with van der Waals surface area (Å²) in [5.41, 5.74) is 0. The first kappa shape index (κ1) is 9.49. The first-order valence-corrected chi connectivity index (χ1v) is 4.28. The van der Waals surface area contributed by atoms with E-state index >= 15 is 0 Å². The second kappa shape index (κ2) is 5.29. The number of thioether (sulfide) groups is 1. The molecule has 0 aromatic heterocycles. The number of hydrogen-bond acceptors (Lipinski definition) is 3. The summed E-state index contributed by atoms with van der Waals surface area (Å²) in [5, 5.41) is 8.36. The Balaban J connectivity index is 3.60. The number of aldehydes is 1. The molecule has 0 aromatic carbocycles. The third kappa shape index (κ3) is 3.50. The molecule has 0 rings (SSSR count). The second-order valence-corrected chi connectivity index (χ2v) is 2.85. The van der Waals surface area contributed by atoms with E-state index in [4.69, 9.17) is 5.11 Å². The summed E-state index contributed by atoms with van der Waals surface area (Å²) in [6.45, 7) is 0. The first-order chi connectivity index (χ1) is 4.72. The average Bonchev–Trinajstić information content (AvgIpc) is 1.89. The lowest BCUT2D eigenvalue weighted by Gasteiger charge is -2.00. The van der Waals surface area contributed by atoms with E-state index in [-0.39, 0.29) is 0 Å². The van der Waals surface area contributed by atoms with Crippen molar-refractivity contribution in [3.63, 3.8) is 0 Å². The predicted molar refractivity (Wildman–Crippen MR) is 40.2 cm³/mol. The van der Waals surface area contributed by atoms with E-state index in [1.165, 1.54) is 0 Å². The Morgan fingerprint density at radius 3 is 2.70 bits per heavy atom. The number of carbonyl (C=O) groups excluding carboxylic acids is 1. The molecule has 1 unspecified atom stereocenters. The maximum atomic E-state index is 10.2. The molecule has 0 aliphatic rings. The van der Waals surface area contributed by atoms with Gasteiger partial charge in [0.25, 0.3) is 0 Å². The van der Waals surface area contributed by atoms with Gasteiger partial charge in [0.2, 0.25) is 0 Å². The monoisotopic (exact) mass is 162 g/mol. The van der Waals surface area contributed by atoms with Crippen LogP contribution in [-0.2, 0) is 9.59 Å². The van der Waals surface area contributed by atoms with E-state index in [0.29, 0.717) is 12.7 Å². The van der Waals surface area contributed by atoms with Crippen LogP contribution in [0.5, 0.6) is 0 Å². The molecule has 0 aromatic rings. The van der Waals surface area contributed by atoms with Crippen LogP contribution < -0.4 is 0 Å². The van der Waals surface area contributed by atoms with Gasteiger partial charge in [-0.05, 0) is 18.4 Å². The van der Waals surface area contributed by atoms with Crippen LogP contribution in [0.25, 0.3) is 0 Å².